The Morgan fingerprint density at radius 2 is 2.03 bits per heavy atom. The number of nitrogens with zero attached hydrogens (tertiary/aromatic N) is 5. The summed E-state index contributed by atoms with van der Waals surface area (Å²) < 4.78 is 9.28. The number of benzene rings is 1. The number of β-amino-alcohol motifs (C(OH)–C–C–N with tert-alkyl or cyclic N) is 1. The lowest BCUT2D eigenvalue weighted by atomic mass is 10.00. The number of hydrogen-bond acceptors (Lipinski definition) is 6. The number of amides is 1. The van der Waals surface area contributed by atoms with Crippen molar-refractivity contribution in [2.45, 2.75) is 31.5 Å². The van der Waals surface area contributed by atoms with Gasteiger partial charge in [0.05, 0.1) is 24.9 Å². The molecule has 9 nitrogen and oxygen atoms in total. The maximum atomic E-state index is 12.7. The van der Waals surface area contributed by atoms with Crippen molar-refractivity contribution in [3.8, 4) is 11.1 Å². The number of pyridine rings is 1. The second-order valence-electron chi connectivity index (χ2n) is 9.65. The SMILES string of the molecule is O=C(NCC(O)CN1CCc2ccccc2C1)c1cn2cc(-c3cnn([C@@H]4CCOC4)c3)ccc2n1. The highest BCUT2D eigenvalue weighted by Crippen LogP contribution is 2.24. The number of rotatable bonds is 7. The van der Waals surface area contributed by atoms with Gasteiger partial charge in [-0.1, -0.05) is 24.3 Å². The number of ether oxygens (including phenoxy) is 1. The Kier molecular flexibility index (Phi) is 6.27. The van der Waals surface area contributed by atoms with Gasteiger partial charge in [0, 0.05) is 62.5 Å². The van der Waals surface area contributed by atoms with Gasteiger partial charge in [0.15, 0.2) is 0 Å². The van der Waals surface area contributed by atoms with E-state index >= 15 is 0 Å². The van der Waals surface area contributed by atoms with E-state index in [2.05, 4.69) is 44.6 Å². The summed E-state index contributed by atoms with van der Waals surface area (Å²) in [5.41, 5.74) is 5.70. The Morgan fingerprint density at radius 3 is 2.89 bits per heavy atom. The second-order valence-corrected chi connectivity index (χ2v) is 9.65. The molecule has 2 aliphatic rings. The fourth-order valence-electron chi connectivity index (χ4n) is 5.06. The zero-order valence-electron chi connectivity index (χ0n) is 20.1. The predicted octanol–water partition coefficient (Wildman–Crippen LogP) is 2.31. The van der Waals surface area contributed by atoms with Crippen molar-refractivity contribution in [1.29, 1.82) is 0 Å². The molecule has 6 rings (SSSR count). The molecule has 1 unspecified atom stereocenters. The minimum absolute atomic E-state index is 0.181. The molecular formula is C27H30N6O3. The molecule has 9 heteroatoms. The standard InChI is InChI=1S/C27H30N6O3/c34-24(16-31-9-7-19-3-1-2-4-20(19)13-31)12-28-27(35)25-17-32-14-21(5-6-26(32)30-25)22-11-29-33(15-22)23-8-10-36-18-23/h1-6,11,14-15,17,23-24,34H,7-10,12-13,16,18H2,(H,28,35)/t23-,24?/m1/s1. The molecular weight excluding hydrogens is 456 g/mol. The maximum Gasteiger partial charge on any atom is 0.271 e. The topological polar surface area (TPSA) is 96.9 Å². The number of fused-ring (bicyclic) bond motifs is 2. The lowest BCUT2D eigenvalue weighted by Crippen LogP contribution is -2.42. The molecule has 1 aromatic carbocycles. The van der Waals surface area contributed by atoms with Gasteiger partial charge in [0.2, 0.25) is 0 Å². The van der Waals surface area contributed by atoms with Crippen LogP contribution >= 0.6 is 0 Å². The predicted molar refractivity (Wildman–Crippen MR) is 135 cm³/mol. The molecule has 0 saturated carbocycles. The smallest absolute Gasteiger partial charge is 0.271 e. The molecule has 0 spiro atoms. The Bertz CT molecular complexity index is 1370. The molecule has 1 saturated heterocycles. The highest BCUT2D eigenvalue weighted by molar-refractivity contribution is 5.92. The number of carbonyl (C=O) groups excluding carboxylic acids is 1. The van der Waals surface area contributed by atoms with Crippen molar-refractivity contribution in [3.05, 3.63) is 78.0 Å². The van der Waals surface area contributed by atoms with Crippen LogP contribution in [0.1, 0.15) is 34.1 Å². The Balaban J connectivity index is 1.06. The summed E-state index contributed by atoms with van der Waals surface area (Å²) >= 11 is 0. The zero-order valence-corrected chi connectivity index (χ0v) is 20.1. The van der Waals surface area contributed by atoms with E-state index in [0.717, 1.165) is 43.7 Å². The number of aliphatic hydroxyl groups is 1. The van der Waals surface area contributed by atoms with E-state index in [1.165, 1.54) is 11.1 Å². The highest BCUT2D eigenvalue weighted by Gasteiger charge is 2.20. The summed E-state index contributed by atoms with van der Waals surface area (Å²) in [6.45, 7) is 3.90. The van der Waals surface area contributed by atoms with Crippen LogP contribution in [-0.4, -0.2) is 74.0 Å². The minimum Gasteiger partial charge on any atom is -0.390 e. The van der Waals surface area contributed by atoms with Crippen molar-refractivity contribution in [2.24, 2.45) is 0 Å². The first-order valence-corrected chi connectivity index (χ1v) is 12.5. The lowest BCUT2D eigenvalue weighted by molar-refractivity contribution is 0.0838. The van der Waals surface area contributed by atoms with Gasteiger partial charge in [-0.25, -0.2) is 4.98 Å². The third-order valence-corrected chi connectivity index (χ3v) is 7.08. The molecule has 3 aromatic heterocycles. The minimum atomic E-state index is -0.648. The summed E-state index contributed by atoms with van der Waals surface area (Å²) in [4.78, 5) is 19.4. The maximum absolute atomic E-state index is 12.7. The Morgan fingerprint density at radius 1 is 1.14 bits per heavy atom. The normalized spacial score (nSPS) is 18.9. The molecule has 2 aliphatic heterocycles. The molecule has 186 valence electrons. The summed E-state index contributed by atoms with van der Waals surface area (Å²) in [7, 11) is 0. The molecule has 0 radical (unpaired) electrons. The number of imidazole rings is 1. The van der Waals surface area contributed by atoms with Gasteiger partial charge in [-0.2, -0.15) is 5.10 Å². The third-order valence-electron chi connectivity index (χ3n) is 7.08. The molecule has 1 fully saturated rings. The number of carbonyl (C=O) groups is 1. The van der Waals surface area contributed by atoms with Crippen molar-refractivity contribution >= 4 is 11.6 Å². The number of aliphatic hydroxyl groups excluding tert-OH is 1. The fourth-order valence-corrected chi connectivity index (χ4v) is 5.06. The van der Waals surface area contributed by atoms with Gasteiger partial charge in [-0.3, -0.25) is 14.4 Å². The summed E-state index contributed by atoms with van der Waals surface area (Å²) in [5.74, 6) is -0.294. The van der Waals surface area contributed by atoms with E-state index in [4.69, 9.17) is 4.74 Å². The summed E-state index contributed by atoms with van der Waals surface area (Å²) in [6, 6.07) is 12.6. The van der Waals surface area contributed by atoms with Crippen LogP contribution in [-0.2, 0) is 17.7 Å². The first-order valence-electron chi connectivity index (χ1n) is 12.5. The van der Waals surface area contributed by atoms with Crippen molar-refractivity contribution in [2.75, 3.05) is 32.8 Å². The van der Waals surface area contributed by atoms with Crippen LogP contribution in [0.25, 0.3) is 16.8 Å². The average Bonchev–Trinajstić information content (AvgIpc) is 3.67. The monoisotopic (exact) mass is 486 g/mol. The molecule has 2 N–H and O–H groups in total. The number of hydrogen-bond donors (Lipinski definition) is 2. The van der Waals surface area contributed by atoms with Gasteiger partial charge in [0.1, 0.15) is 11.3 Å². The van der Waals surface area contributed by atoms with Gasteiger partial charge in [-0.15, -0.1) is 0 Å². The molecule has 2 atom stereocenters. The van der Waals surface area contributed by atoms with Crippen LogP contribution < -0.4 is 5.32 Å². The van der Waals surface area contributed by atoms with Crippen LogP contribution in [0.15, 0.2) is 61.2 Å². The summed E-state index contributed by atoms with van der Waals surface area (Å²) in [6.07, 6.45) is 8.87. The largest absolute Gasteiger partial charge is 0.390 e. The van der Waals surface area contributed by atoms with Gasteiger partial charge in [-0.05, 0) is 36.1 Å². The highest BCUT2D eigenvalue weighted by atomic mass is 16.5. The second kappa shape index (κ2) is 9.85. The third kappa shape index (κ3) is 4.77. The molecule has 0 aliphatic carbocycles. The summed E-state index contributed by atoms with van der Waals surface area (Å²) in [5, 5.41) is 17.9. The number of nitrogens with one attached hydrogen (secondary N) is 1. The van der Waals surface area contributed by atoms with Crippen LogP contribution in [0, 0.1) is 0 Å². The first-order chi connectivity index (χ1) is 17.6. The molecule has 5 heterocycles. The first kappa shape index (κ1) is 22.9. The lowest BCUT2D eigenvalue weighted by Gasteiger charge is -2.30. The van der Waals surface area contributed by atoms with Gasteiger partial charge in [0.25, 0.3) is 5.91 Å². The van der Waals surface area contributed by atoms with E-state index in [1.807, 2.05) is 39.8 Å². The van der Waals surface area contributed by atoms with E-state index in [9.17, 15) is 9.90 Å². The zero-order chi connectivity index (χ0) is 24.5. The van der Waals surface area contributed by atoms with Crippen LogP contribution in [0.5, 0.6) is 0 Å². The Labute approximate surface area is 209 Å². The van der Waals surface area contributed by atoms with Crippen LogP contribution in [0.2, 0.25) is 0 Å². The van der Waals surface area contributed by atoms with Crippen molar-refractivity contribution in [1.82, 2.24) is 29.4 Å². The van der Waals surface area contributed by atoms with E-state index in [-0.39, 0.29) is 18.5 Å². The Hall–Kier alpha value is -3.53. The molecule has 0 bridgehead atoms. The van der Waals surface area contributed by atoms with E-state index in [0.29, 0.717) is 24.5 Å². The van der Waals surface area contributed by atoms with Gasteiger partial charge < -0.3 is 19.6 Å². The van der Waals surface area contributed by atoms with Crippen LogP contribution in [0.4, 0.5) is 0 Å². The number of aromatic nitrogens is 4. The van der Waals surface area contributed by atoms with Crippen molar-refractivity contribution < 1.29 is 14.6 Å². The van der Waals surface area contributed by atoms with E-state index < -0.39 is 6.10 Å². The molecule has 1 amide bonds. The molecule has 4 aromatic rings. The average molecular weight is 487 g/mol. The quantitative estimate of drug-likeness (QED) is 0.416. The van der Waals surface area contributed by atoms with E-state index in [1.54, 1.807) is 6.20 Å². The van der Waals surface area contributed by atoms with Gasteiger partial charge >= 0.3 is 0 Å². The molecule has 36 heavy (non-hydrogen) atoms. The fraction of sp³-hybridized carbons (Fsp3) is 0.370. The van der Waals surface area contributed by atoms with Crippen molar-refractivity contribution in [3.63, 3.8) is 0 Å². The van der Waals surface area contributed by atoms with Crippen LogP contribution in [0.3, 0.4) is 0 Å².